The Morgan fingerprint density at radius 1 is 1.33 bits per heavy atom. The summed E-state index contributed by atoms with van der Waals surface area (Å²) in [5.74, 6) is 0.606. The molecule has 0 radical (unpaired) electrons. The minimum Gasteiger partial charge on any atom is -0.334 e. The number of aryl methyl sites for hydroxylation is 2. The van der Waals surface area contributed by atoms with E-state index >= 15 is 0 Å². The van der Waals surface area contributed by atoms with Gasteiger partial charge in [0.2, 0.25) is 0 Å². The fraction of sp³-hybridized carbons (Fsp3) is 0.167. The number of nitrogens with one attached hydrogen (secondary N) is 1. The average molecular weight is 244 g/mol. The molecule has 0 unspecified atom stereocenters. The van der Waals surface area contributed by atoms with Crippen LogP contribution >= 0.6 is 0 Å². The maximum Gasteiger partial charge on any atom is 0.310 e. The fourth-order valence-corrected chi connectivity index (χ4v) is 1.61. The highest BCUT2D eigenvalue weighted by Crippen LogP contribution is 2.26. The molecule has 0 aromatic carbocycles. The Bertz CT molecular complexity index is 598. The van der Waals surface area contributed by atoms with Crippen molar-refractivity contribution in [1.82, 2.24) is 9.97 Å². The van der Waals surface area contributed by atoms with Gasteiger partial charge in [0.25, 0.3) is 0 Å². The highest BCUT2D eigenvalue weighted by molar-refractivity contribution is 5.68. The van der Waals surface area contributed by atoms with Crippen molar-refractivity contribution in [2.24, 2.45) is 0 Å². The SMILES string of the molecule is Cc1cnc(Nc2ccncc2[N+](=O)[O-])c(C)c1. The molecule has 0 bridgehead atoms. The predicted molar refractivity (Wildman–Crippen MR) is 67.9 cm³/mol. The lowest BCUT2D eigenvalue weighted by Gasteiger charge is -2.08. The average Bonchev–Trinajstić information content (AvgIpc) is 2.33. The molecule has 92 valence electrons. The summed E-state index contributed by atoms with van der Waals surface area (Å²) in [6, 6.07) is 3.52. The lowest BCUT2D eigenvalue weighted by molar-refractivity contribution is -0.384. The van der Waals surface area contributed by atoms with Crippen LogP contribution in [-0.4, -0.2) is 14.9 Å². The van der Waals surface area contributed by atoms with E-state index in [1.165, 1.54) is 12.4 Å². The molecule has 0 fully saturated rings. The van der Waals surface area contributed by atoms with Gasteiger partial charge in [0.05, 0.1) is 4.92 Å². The van der Waals surface area contributed by atoms with Crippen LogP contribution in [0, 0.1) is 24.0 Å². The maximum absolute atomic E-state index is 10.9. The minimum absolute atomic E-state index is 0.0701. The first-order valence-electron chi connectivity index (χ1n) is 5.36. The number of aromatic nitrogens is 2. The molecule has 0 aliphatic carbocycles. The van der Waals surface area contributed by atoms with E-state index in [0.29, 0.717) is 11.5 Å². The van der Waals surface area contributed by atoms with E-state index in [4.69, 9.17) is 0 Å². The summed E-state index contributed by atoms with van der Waals surface area (Å²) in [7, 11) is 0. The van der Waals surface area contributed by atoms with Crippen LogP contribution in [0.4, 0.5) is 17.2 Å². The molecule has 6 nitrogen and oxygen atoms in total. The van der Waals surface area contributed by atoms with E-state index in [-0.39, 0.29) is 5.69 Å². The topological polar surface area (TPSA) is 81.0 Å². The lowest BCUT2D eigenvalue weighted by Crippen LogP contribution is -2.00. The van der Waals surface area contributed by atoms with Crippen molar-refractivity contribution in [1.29, 1.82) is 0 Å². The molecule has 2 aromatic heterocycles. The third kappa shape index (κ3) is 2.42. The van der Waals surface area contributed by atoms with Crippen molar-refractivity contribution in [2.45, 2.75) is 13.8 Å². The van der Waals surface area contributed by atoms with Crippen LogP contribution < -0.4 is 5.32 Å². The zero-order valence-electron chi connectivity index (χ0n) is 10.0. The molecule has 2 rings (SSSR count). The number of hydrogen-bond acceptors (Lipinski definition) is 5. The molecule has 0 aliphatic rings. The standard InChI is InChI=1S/C12H12N4O2/c1-8-5-9(2)12(14-6-8)15-10-3-4-13-7-11(10)16(17)18/h3-7H,1-2H3,(H,13,14,15). The summed E-state index contributed by atoms with van der Waals surface area (Å²) in [5.41, 5.74) is 2.29. The molecule has 6 heteroatoms. The van der Waals surface area contributed by atoms with Crippen molar-refractivity contribution in [3.05, 3.63) is 52.0 Å². The van der Waals surface area contributed by atoms with Gasteiger partial charge in [-0.25, -0.2) is 4.98 Å². The summed E-state index contributed by atoms with van der Waals surface area (Å²) >= 11 is 0. The Balaban J connectivity index is 2.37. The van der Waals surface area contributed by atoms with Crippen molar-refractivity contribution in [2.75, 3.05) is 5.32 Å². The highest BCUT2D eigenvalue weighted by atomic mass is 16.6. The van der Waals surface area contributed by atoms with Gasteiger partial charge in [-0.1, -0.05) is 6.07 Å². The second-order valence-electron chi connectivity index (χ2n) is 3.95. The van der Waals surface area contributed by atoms with Gasteiger partial charge in [0, 0.05) is 12.4 Å². The van der Waals surface area contributed by atoms with Gasteiger partial charge in [0.1, 0.15) is 17.7 Å². The van der Waals surface area contributed by atoms with Gasteiger partial charge in [0.15, 0.2) is 0 Å². The number of rotatable bonds is 3. The number of hydrogen-bond donors (Lipinski definition) is 1. The Morgan fingerprint density at radius 2 is 2.11 bits per heavy atom. The van der Waals surface area contributed by atoms with Crippen molar-refractivity contribution in [3.63, 3.8) is 0 Å². The Hall–Kier alpha value is -2.50. The van der Waals surface area contributed by atoms with Gasteiger partial charge < -0.3 is 5.32 Å². The normalized spacial score (nSPS) is 10.1. The first-order chi connectivity index (χ1) is 8.58. The molecule has 2 heterocycles. The molecule has 1 N–H and O–H groups in total. The first-order valence-corrected chi connectivity index (χ1v) is 5.36. The maximum atomic E-state index is 10.9. The van der Waals surface area contributed by atoms with E-state index in [9.17, 15) is 10.1 Å². The van der Waals surface area contributed by atoms with Crippen molar-refractivity contribution < 1.29 is 4.92 Å². The third-order valence-electron chi connectivity index (χ3n) is 2.46. The van der Waals surface area contributed by atoms with Gasteiger partial charge in [-0.15, -0.1) is 0 Å². The van der Waals surface area contributed by atoms with Gasteiger partial charge in [-0.05, 0) is 31.0 Å². The highest BCUT2D eigenvalue weighted by Gasteiger charge is 2.14. The fourth-order valence-electron chi connectivity index (χ4n) is 1.61. The molecular weight excluding hydrogens is 232 g/mol. The van der Waals surface area contributed by atoms with E-state index in [1.54, 1.807) is 12.3 Å². The van der Waals surface area contributed by atoms with Crippen LogP contribution in [0.5, 0.6) is 0 Å². The second kappa shape index (κ2) is 4.79. The number of nitrogens with zero attached hydrogens (tertiary/aromatic N) is 3. The second-order valence-corrected chi connectivity index (χ2v) is 3.95. The molecule has 18 heavy (non-hydrogen) atoms. The van der Waals surface area contributed by atoms with Gasteiger partial charge in [-0.2, -0.15) is 0 Å². The van der Waals surface area contributed by atoms with Crippen molar-refractivity contribution in [3.8, 4) is 0 Å². The van der Waals surface area contributed by atoms with Crippen LogP contribution in [0.2, 0.25) is 0 Å². The van der Waals surface area contributed by atoms with Crippen LogP contribution in [0.15, 0.2) is 30.7 Å². The largest absolute Gasteiger partial charge is 0.334 e. The monoisotopic (exact) mass is 244 g/mol. The van der Waals surface area contributed by atoms with E-state index in [2.05, 4.69) is 15.3 Å². The van der Waals surface area contributed by atoms with Crippen LogP contribution in [0.1, 0.15) is 11.1 Å². The van der Waals surface area contributed by atoms with Gasteiger partial charge >= 0.3 is 5.69 Å². The quantitative estimate of drug-likeness (QED) is 0.663. The van der Waals surface area contributed by atoms with Crippen LogP contribution in [-0.2, 0) is 0 Å². The molecule has 0 saturated heterocycles. The smallest absolute Gasteiger partial charge is 0.310 e. The van der Waals surface area contributed by atoms with E-state index in [0.717, 1.165) is 11.1 Å². The summed E-state index contributed by atoms with van der Waals surface area (Å²) in [4.78, 5) is 18.3. The number of pyridine rings is 2. The first kappa shape index (κ1) is 12.0. The number of anilines is 2. The summed E-state index contributed by atoms with van der Waals surface area (Å²) in [6.07, 6.45) is 4.42. The molecular formula is C12H12N4O2. The molecule has 0 amide bonds. The molecule has 0 aliphatic heterocycles. The number of nitro groups is 1. The Kier molecular flexibility index (Phi) is 3.18. The third-order valence-corrected chi connectivity index (χ3v) is 2.46. The van der Waals surface area contributed by atoms with E-state index < -0.39 is 4.92 Å². The summed E-state index contributed by atoms with van der Waals surface area (Å²) in [5, 5.41) is 13.8. The summed E-state index contributed by atoms with van der Waals surface area (Å²) < 4.78 is 0. The van der Waals surface area contributed by atoms with Gasteiger partial charge in [-0.3, -0.25) is 15.1 Å². The predicted octanol–water partition coefficient (Wildman–Crippen LogP) is 2.75. The molecule has 0 saturated carbocycles. The van der Waals surface area contributed by atoms with Crippen LogP contribution in [0.3, 0.4) is 0 Å². The molecule has 0 atom stereocenters. The van der Waals surface area contributed by atoms with E-state index in [1.807, 2.05) is 19.9 Å². The Labute approximate surface area is 104 Å². The minimum atomic E-state index is -0.473. The van der Waals surface area contributed by atoms with Crippen molar-refractivity contribution >= 4 is 17.2 Å². The van der Waals surface area contributed by atoms with Crippen LogP contribution in [0.25, 0.3) is 0 Å². The zero-order chi connectivity index (χ0) is 13.1. The molecule has 2 aromatic rings. The lowest BCUT2D eigenvalue weighted by atomic mass is 10.2. The molecule has 0 spiro atoms. The Morgan fingerprint density at radius 3 is 2.78 bits per heavy atom. The summed E-state index contributed by atoms with van der Waals surface area (Å²) in [6.45, 7) is 3.84. The zero-order valence-corrected chi connectivity index (χ0v) is 10.0.